The molecule has 2 heterocycles. The van der Waals surface area contributed by atoms with Crippen molar-refractivity contribution in [2.24, 2.45) is 0 Å². The van der Waals surface area contributed by atoms with Crippen LogP contribution in [-0.2, 0) is 11.2 Å². The standard InChI is InChI=1S/C16H14O3/c1-2-4-11(5-3-1)16-13-9-15-14(18-10-19-15)8-12(13)6-7-17-16/h1-5,8-9,16H,6-7,10H2/t16-/m1/s1. The Bertz CT molecular complexity index is 607. The van der Waals surface area contributed by atoms with E-state index in [0.717, 1.165) is 24.5 Å². The van der Waals surface area contributed by atoms with Crippen molar-refractivity contribution in [2.45, 2.75) is 12.5 Å². The quantitative estimate of drug-likeness (QED) is 0.782. The van der Waals surface area contributed by atoms with Gasteiger partial charge in [0.15, 0.2) is 11.5 Å². The molecule has 2 aliphatic heterocycles. The first-order chi connectivity index (χ1) is 9.42. The highest BCUT2D eigenvalue weighted by Crippen LogP contribution is 2.41. The first-order valence-corrected chi connectivity index (χ1v) is 6.51. The van der Waals surface area contributed by atoms with Gasteiger partial charge in [0.05, 0.1) is 6.61 Å². The second kappa shape index (κ2) is 4.28. The zero-order valence-electron chi connectivity index (χ0n) is 10.5. The van der Waals surface area contributed by atoms with Crippen molar-refractivity contribution in [2.75, 3.05) is 13.4 Å². The van der Waals surface area contributed by atoms with Crippen molar-refractivity contribution in [1.82, 2.24) is 0 Å². The topological polar surface area (TPSA) is 27.7 Å². The fourth-order valence-electron chi connectivity index (χ4n) is 2.74. The summed E-state index contributed by atoms with van der Waals surface area (Å²) in [5.74, 6) is 1.68. The molecule has 4 rings (SSSR count). The largest absolute Gasteiger partial charge is 0.454 e. The van der Waals surface area contributed by atoms with Crippen molar-refractivity contribution < 1.29 is 14.2 Å². The molecule has 0 bridgehead atoms. The summed E-state index contributed by atoms with van der Waals surface area (Å²) in [6.07, 6.45) is 0.925. The minimum Gasteiger partial charge on any atom is -0.454 e. The van der Waals surface area contributed by atoms with Crippen LogP contribution in [0.15, 0.2) is 42.5 Å². The van der Waals surface area contributed by atoms with Gasteiger partial charge in [-0.2, -0.15) is 0 Å². The summed E-state index contributed by atoms with van der Waals surface area (Å²) in [4.78, 5) is 0. The van der Waals surface area contributed by atoms with E-state index in [1.807, 2.05) is 18.2 Å². The molecule has 0 aliphatic carbocycles. The molecule has 0 amide bonds. The van der Waals surface area contributed by atoms with Crippen LogP contribution in [0.5, 0.6) is 11.5 Å². The maximum Gasteiger partial charge on any atom is 0.231 e. The maximum absolute atomic E-state index is 5.95. The predicted octanol–water partition coefficient (Wildman–Crippen LogP) is 3.08. The molecular formula is C16H14O3. The van der Waals surface area contributed by atoms with Crippen LogP contribution < -0.4 is 9.47 Å². The van der Waals surface area contributed by atoms with Gasteiger partial charge in [-0.25, -0.2) is 0 Å². The fraction of sp³-hybridized carbons (Fsp3) is 0.250. The van der Waals surface area contributed by atoms with Gasteiger partial charge in [0.25, 0.3) is 0 Å². The summed E-state index contributed by atoms with van der Waals surface area (Å²) in [6, 6.07) is 14.5. The lowest BCUT2D eigenvalue weighted by Gasteiger charge is -2.26. The second-order valence-corrected chi connectivity index (χ2v) is 4.82. The van der Waals surface area contributed by atoms with Crippen LogP contribution in [0.25, 0.3) is 0 Å². The average molecular weight is 254 g/mol. The summed E-state index contributed by atoms with van der Waals surface area (Å²) in [5, 5.41) is 0. The molecule has 96 valence electrons. The van der Waals surface area contributed by atoms with Crippen molar-refractivity contribution in [3.8, 4) is 11.5 Å². The Balaban J connectivity index is 1.82. The molecule has 0 fully saturated rings. The highest BCUT2D eigenvalue weighted by molar-refractivity contribution is 5.51. The number of rotatable bonds is 1. The van der Waals surface area contributed by atoms with Crippen molar-refractivity contribution in [1.29, 1.82) is 0 Å². The van der Waals surface area contributed by atoms with Crippen LogP contribution in [0.3, 0.4) is 0 Å². The lowest BCUT2D eigenvalue weighted by Crippen LogP contribution is -2.17. The van der Waals surface area contributed by atoms with Gasteiger partial charge in [0, 0.05) is 0 Å². The lowest BCUT2D eigenvalue weighted by molar-refractivity contribution is 0.0697. The van der Waals surface area contributed by atoms with Gasteiger partial charge in [-0.05, 0) is 35.2 Å². The predicted molar refractivity (Wildman–Crippen MR) is 70.5 cm³/mol. The van der Waals surface area contributed by atoms with Gasteiger partial charge in [-0.3, -0.25) is 0 Å². The van der Waals surface area contributed by atoms with Crippen LogP contribution in [0.2, 0.25) is 0 Å². The Hall–Kier alpha value is -2.00. The summed E-state index contributed by atoms with van der Waals surface area (Å²) in [6.45, 7) is 1.06. The van der Waals surface area contributed by atoms with E-state index in [1.54, 1.807) is 0 Å². The van der Waals surface area contributed by atoms with E-state index in [4.69, 9.17) is 14.2 Å². The van der Waals surface area contributed by atoms with Crippen molar-refractivity contribution in [3.05, 3.63) is 59.2 Å². The van der Waals surface area contributed by atoms with E-state index in [0.29, 0.717) is 6.79 Å². The Morgan fingerprint density at radius 1 is 0.947 bits per heavy atom. The molecule has 3 heteroatoms. The summed E-state index contributed by atoms with van der Waals surface area (Å²) in [7, 11) is 0. The molecule has 1 atom stereocenters. The average Bonchev–Trinajstić information content (AvgIpc) is 2.92. The first kappa shape index (κ1) is 10.9. The Morgan fingerprint density at radius 2 is 1.74 bits per heavy atom. The zero-order chi connectivity index (χ0) is 12.7. The molecular weight excluding hydrogens is 240 g/mol. The molecule has 3 nitrogen and oxygen atoms in total. The van der Waals surface area contributed by atoms with Crippen LogP contribution in [0.1, 0.15) is 22.8 Å². The molecule has 2 aromatic carbocycles. The van der Waals surface area contributed by atoms with Crippen molar-refractivity contribution >= 4 is 0 Å². The van der Waals surface area contributed by atoms with Crippen LogP contribution >= 0.6 is 0 Å². The van der Waals surface area contributed by atoms with E-state index < -0.39 is 0 Å². The van der Waals surface area contributed by atoms with E-state index in [2.05, 4.69) is 24.3 Å². The minimum atomic E-state index is -0.000509. The highest BCUT2D eigenvalue weighted by Gasteiger charge is 2.26. The molecule has 0 spiro atoms. The third kappa shape index (κ3) is 1.78. The smallest absolute Gasteiger partial charge is 0.231 e. The van der Waals surface area contributed by atoms with Gasteiger partial charge in [-0.15, -0.1) is 0 Å². The van der Waals surface area contributed by atoms with Crippen LogP contribution in [0, 0.1) is 0 Å². The number of fused-ring (bicyclic) bond motifs is 2. The molecule has 2 aliphatic rings. The highest BCUT2D eigenvalue weighted by atomic mass is 16.7. The molecule has 19 heavy (non-hydrogen) atoms. The molecule has 0 unspecified atom stereocenters. The van der Waals surface area contributed by atoms with Gasteiger partial charge >= 0.3 is 0 Å². The van der Waals surface area contributed by atoms with Crippen LogP contribution in [-0.4, -0.2) is 13.4 Å². The SMILES string of the molecule is c1ccc([C@H]2OCCc3cc4c(cc32)OCO4)cc1. The van der Waals surface area contributed by atoms with Gasteiger partial charge < -0.3 is 14.2 Å². The molecule has 0 radical (unpaired) electrons. The number of benzene rings is 2. The lowest BCUT2D eigenvalue weighted by atomic mass is 9.92. The second-order valence-electron chi connectivity index (χ2n) is 4.82. The number of hydrogen-bond donors (Lipinski definition) is 0. The van der Waals surface area contributed by atoms with E-state index in [1.165, 1.54) is 16.7 Å². The molecule has 2 aromatic rings. The van der Waals surface area contributed by atoms with Gasteiger partial charge in [0.2, 0.25) is 6.79 Å². The first-order valence-electron chi connectivity index (χ1n) is 6.51. The van der Waals surface area contributed by atoms with Crippen molar-refractivity contribution in [3.63, 3.8) is 0 Å². The monoisotopic (exact) mass is 254 g/mol. The maximum atomic E-state index is 5.95. The molecule has 0 N–H and O–H groups in total. The fourth-order valence-corrected chi connectivity index (χ4v) is 2.74. The summed E-state index contributed by atoms with van der Waals surface area (Å²) >= 11 is 0. The number of ether oxygens (including phenoxy) is 3. The Labute approximate surface area is 111 Å². The van der Waals surface area contributed by atoms with E-state index in [-0.39, 0.29) is 6.10 Å². The summed E-state index contributed by atoms with van der Waals surface area (Å²) in [5.41, 5.74) is 3.67. The molecule has 0 aromatic heterocycles. The third-order valence-electron chi connectivity index (χ3n) is 3.68. The van der Waals surface area contributed by atoms with E-state index >= 15 is 0 Å². The number of hydrogen-bond acceptors (Lipinski definition) is 3. The normalized spacial score (nSPS) is 20.1. The Morgan fingerprint density at radius 3 is 2.58 bits per heavy atom. The van der Waals surface area contributed by atoms with Gasteiger partial charge in [0.1, 0.15) is 6.10 Å². The zero-order valence-corrected chi connectivity index (χ0v) is 10.5. The molecule has 0 saturated carbocycles. The van der Waals surface area contributed by atoms with Crippen LogP contribution in [0.4, 0.5) is 0 Å². The minimum absolute atomic E-state index is 0.000509. The molecule has 0 saturated heterocycles. The third-order valence-corrected chi connectivity index (χ3v) is 3.68. The van der Waals surface area contributed by atoms with Gasteiger partial charge in [-0.1, -0.05) is 30.3 Å². The van der Waals surface area contributed by atoms with E-state index in [9.17, 15) is 0 Å². The Kier molecular flexibility index (Phi) is 2.45. The summed E-state index contributed by atoms with van der Waals surface area (Å²) < 4.78 is 16.9.